The molecule has 14 N–H and O–H groups in total. The van der Waals surface area contributed by atoms with Crippen molar-refractivity contribution < 1.29 is 107 Å². The maximum atomic E-state index is 13.8. The fourth-order valence-corrected chi connectivity index (χ4v) is 9.67. The van der Waals surface area contributed by atoms with Crippen molar-refractivity contribution in [2.45, 2.75) is 91.9 Å². The largest absolute Gasteiger partial charge is 0.507 e. The minimum Gasteiger partial charge on any atom is -0.507 e. The number of rotatable bonds is 16. The van der Waals surface area contributed by atoms with Crippen LogP contribution in [-0.2, 0) is 37.9 Å². The first-order valence-corrected chi connectivity index (χ1v) is 24.8. The van der Waals surface area contributed by atoms with E-state index in [0.717, 1.165) is 0 Å². The maximum absolute atomic E-state index is 13.8. The van der Waals surface area contributed by atoms with E-state index in [1.165, 1.54) is 68.3 Å². The molecule has 0 spiro atoms. The van der Waals surface area contributed by atoms with Gasteiger partial charge in [-0.3, -0.25) is 0 Å². The molecule has 0 bridgehead atoms. The average molecular weight is 1100 g/mol. The molecule has 6 aromatic rings. The number of hydrogen-bond acceptors (Lipinski definition) is 22. The minimum absolute atomic E-state index is 0.103. The second-order valence-electron chi connectivity index (χ2n) is 18.9. The number of hydrogen-bond donors (Lipinski definition) is 11. The lowest BCUT2D eigenvalue weighted by atomic mass is 9.93. The first-order valence-electron chi connectivity index (χ1n) is 24.8. The van der Waals surface area contributed by atoms with Crippen molar-refractivity contribution in [3.63, 3.8) is 0 Å². The molecule has 25 nitrogen and oxygen atoms in total. The quantitative estimate of drug-likeness (QED) is 0.0189. The predicted octanol–water partition coefficient (Wildman–Crippen LogP) is -0.612. The predicted molar refractivity (Wildman–Crippen MR) is 267 cm³/mol. The summed E-state index contributed by atoms with van der Waals surface area (Å²) in [7, 11) is 0. The zero-order valence-corrected chi connectivity index (χ0v) is 41.8. The van der Waals surface area contributed by atoms with Crippen LogP contribution in [0.25, 0.3) is 0 Å². The van der Waals surface area contributed by atoms with Crippen LogP contribution in [0.2, 0.25) is 0 Å². The van der Waals surface area contributed by atoms with Crippen molar-refractivity contribution in [3.05, 3.63) is 163 Å². The summed E-state index contributed by atoms with van der Waals surface area (Å²) in [5, 5.41) is 91.9. The standard InChI is InChI=1S/C54H56N6O19/c55-28-10-13-34(61)31(22-28)49(68)72-25-37-43(64)44(65)41(59-18-6-2-7-19-59)53(76-37)79-48-39(27-74-51(70)33-24-30(57)12-15-36(33)63)77-54(42(46(48)67)60-20-8-3-9-21-60)78-47-38(26-73-50(69)32-23-29(56)11-14-35(32)62)75-52(71)40(45(47)66)58-16-4-1-5-17-58/h1-24,37-48,52-54,64-67,71H,25-27,55-57H2/p+3/t37?,38?,39?,40?,41?,42?,43-,44+,45+,46+,47-,48-,52+,53-,54-/m0/s1. The minimum atomic E-state index is -1.83. The highest BCUT2D eigenvalue weighted by Gasteiger charge is 2.60. The molecule has 416 valence electrons. The third-order valence-corrected chi connectivity index (χ3v) is 13.7. The molecular weight excluding hydrogens is 1040 g/mol. The second-order valence-corrected chi connectivity index (χ2v) is 18.9. The Morgan fingerprint density at radius 1 is 0.430 bits per heavy atom. The van der Waals surface area contributed by atoms with Gasteiger partial charge in [-0.2, -0.15) is 13.7 Å². The molecule has 3 aromatic heterocycles. The van der Waals surface area contributed by atoms with E-state index in [0.29, 0.717) is 0 Å². The number of aromatic hydroxyl groups is 3. The Kier molecular flexibility index (Phi) is 17.1. The van der Waals surface area contributed by atoms with E-state index in [9.17, 15) is 55.2 Å². The van der Waals surface area contributed by atoms with Gasteiger partial charge >= 0.3 is 17.9 Å². The number of esters is 3. The molecule has 6 unspecified atom stereocenters. The highest BCUT2D eigenvalue weighted by molar-refractivity contribution is 5.94. The van der Waals surface area contributed by atoms with Crippen LogP contribution in [0.4, 0.5) is 17.1 Å². The van der Waals surface area contributed by atoms with Crippen molar-refractivity contribution >= 4 is 35.0 Å². The van der Waals surface area contributed by atoms with Crippen LogP contribution in [0.5, 0.6) is 17.2 Å². The van der Waals surface area contributed by atoms with E-state index in [-0.39, 0.29) is 33.8 Å². The number of carbonyl (C=O) groups excluding carboxylic acids is 3. The van der Waals surface area contributed by atoms with Gasteiger partial charge in [0.1, 0.15) is 109 Å². The molecule has 3 aromatic carbocycles. The normalized spacial score (nSPS) is 28.7. The summed E-state index contributed by atoms with van der Waals surface area (Å²) in [5.41, 5.74) is 17.1. The number of nitrogens with two attached hydrogens (primary N) is 3. The third-order valence-electron chi connectivity index (χ3n) is 13.7. The van der Waals surface area contributed by atoms with E-state index in [4.69, 9.17) is 55.1 Å². The first-order chi connectivity index (χ1) is 38.0. The molecule has 0 saturated carbocycles. The van der Waals surface area contributed by atoms with Crippen LogP contribution in [0.3, 0.4) is 0 Å². The van der Waals surface area contributed by atoms with Crippen molar-refractivity contribution in [2.75, 3.05) is 37.0 Å². The number of carbonyl (C=O) groups is 3. The van der Waals surface area contributed by atoms with Gasteiger partial charge in [-0.15, -0.1) is 0 Å². The van der Waals surface area contributed by atoms with Gasteiger partial charge in [0.15, 0.2) is 37.2 Å². The van der Waals surface area contributed by atoms with Gasteiger partial charge in [-0.25, -0.2) is 14.4 Å². The number of aliphatic hydroxyl groups excluding tert-OH is 5. The van der Waals surface area contributed by atoms with E-state index < -0.39 is 147 Å². The molecule has 0 amide bonds. The Morgan fingerprint density at radius 2 is 0.759 bits per heavy atom. The number of nitrogen functional groups attached to an aromatic ring is 3. The third kappa shape index (κ3) is 12.3. The summed E-state index contributed by atoms with van der Waals surface area (Å²) in [6.45, 7) is -2.22. The Labute approximate surface area is 449 Å². The fourth-order valence-electron chi connectivity index (χ4n) is 9.67. The van der Waals surface area contributed by atoms with Crippen LogP contribution >= 0.6 is 0 Å². The number of aliphatic hydroxyl groups is 5. The van der Waals surface area contributed by atoms with Gasteiger partial charge in [-0.1, -0.05) is 18.2 Å². The van der Waals surface area contributed by atoms with Gasteiger partial charge in [-0.05, 0) is 54.6 Å². The van der Waals surface area contributed by atoms with Gasteiger partial charge in [0.05, 0.1) is 0 Å². The van der Waals surface area contributed by atoms with Crippen LogP contribution in [0.15, 0.2) is 146 Å². The summed E-state index contributed by atoms with van der Waals surface area (Å²) < 4.78 is 53.8. The number of pyridine rings is 3. The van der Waals surface area contributed by atoms with Crippen molar-refractivity contribution in [2.24, 2.45) is 0 Å². The van der Waals surface area contributed by atoms with Crippen LogP contribution in [0.1, 0.15) is 49.2 Å². The Hall–Kier alpha value is -8.08. The van der Waals surface area contributed by atoms with Gasteiger partial charge < -0.3 is 95.9 Å². The van der Waals surface area contributed by atoms with Crippen molar-refractivity contribution in [1.82, 2.24) is 0 Å². The monoisotopic (exact) mass is 1100 g/mol. The maximum Gasteiger partial charge on any atom is 0.342 e. The summed E-state index contributed by atoms with van der Waals surface area (Å²) in [5.74, 6) is -4.59. The highest BCUT2D eigenvalue weighted by Crippen LogP contribution is 2.38. The Bertz CT molecular complexity index is 3080. The highest BCUT2D eigenvalue weighted by atomic mass is 16.7. The fraction of sp³-hybridized carbons (Fsp3) is 0.333. The van der Waals surface area contributed by atoms with Gasteiger partial charge in [0, 0.05) is 53.5 Å². The number of phenolic OH excluding ortho intramolecular Hbond substituents is 3. The smallest absolute Gasteiger partial charge is 0.342 e. The Morgan fingerprint density at radius 3 is 1.16 bits per heavy atom. The summed E-state index contributed by atoms with van der Waals surface area (Å²) in [6, 6.07) is 22.0. The molecule has 3 fully saturated rings. The van der Waals surface area contributed by atoms with Crippen molar-refractivity contribution in [1.29, 1.82) is 0 Å². The lowest BCUT2D eigenvalue weighted by molar-refractivity contribution is -0.761. The summed E-state index contributed by atoms with van der Waals surface area (Å²) >= 11 is 0. The second kappa shape index (κ2) is 24.3. The lowest BCUT2D eigenvalue weighted by Gasteiger charge is -2.47. The zero-order valence-electron chi connectivity index (χ0n) is 41.8. The lowest BCUT2D eigenvalue weighted by Crippen LogP contribution is -2.70. The van der Waals surface area contributed by atoms with Crippen molar-refractivity contribution in [3.8, 4) is 17.2 Å². The molecule has 6 heterocycles. The zero-order chi connectivity index (χ0) is 56.1. The molecule has 15 atom stereocenters. The van der Waals surface area contributed by atoms with Crippen LogP contribution in [0, 0.1) is 0 Å². The molecule has 0 radical (unpaired) electrons. The molecular formula is C54H59N6O19+3. The molecule has 25 heteroatoms. The van der Waals surface area contributed by atoms with E-state index in [1.54, 1.807) is 91.8 Å². The van der Waals surface area contributed by atoms with Gasteiger partial charge in [0.2, 0.25) is 37.0 Å². The topological polar surface area (TPSA) is 377 Å². The number of phenols is 3. The first kappa shape index (κ1) is 55.7. The van der Waals surface area contributed by atoms with E-state index in [2.05, 4.69) is 0 Å². The summed E-state index contributed by atoms with van der Waals surface area (Å²) in [6.07, 6.45) is -10.9. The molecule has 9 rings (SSSR count). The molecule has 3 aliphatic rings. The average Bonchev–Trinajstić information content (AvgIpc) is 3.61. The Balaban J connectivity index is 1.08. The van der Waals surface area contributed by atoms with Gasteiger partial charge in [0.25, 0.3) is 0 Å². The molecule has 3 saturated heterocycles. The van der Waals surface area contributed by atoms with E-state index >= 15 is 0 Å². The SMILES string of the molecule is Nc1ccc(O)c(C(=O)OCC2O[C@@H](O[C@H]3C(COC(=O)c4cc(N)ccc4O)O[C@@H](O[C@H]4C(COC(=O)c5cc(N)ccc5O)O[C@@H](O)C([n+]5ccccc5)[C@H]4O)C([n+]4ccccc4)[C@H]3O)C([n+]3ccccc3)[C@@H](O)[C@H]2O)c1. The number of ether oxygens (including phenoxy) is 8. The molecule has 79 heavy (non-hydrogen) atoms. The molecule has 3 aliphatic heterocycles. The summed E-state index contributed by atoms with van der Waals surface area (Å²) in [4.78, 5) is 40.5. The number of aromatic nitrogens is 3. The molecule has 0 aliphatic carbocycles. The van der Waals surface area contributed by atoms with Crippen LogP contribution in [-0.4, -0.2) is 152 Å². The number of benzene rings is 3. The number of nitrogens with zero attached hydrogens (tertiary/aromatic N) is 3. The number of anilines is 3. The van der Waals surface area contributed by atoms with Crippen LogP contribution < -0.4 is 30.9 Å². The van der Waals surface area contributed by atoms with E-state index in [1.807, 2.05) is 0 Å².